The lowest BCUT2D eigenvalue weighted by Crippen LogP contribution is -2.91. The van der Waals surface area contributed by atoms with E-state index in [1.165, 1.54) is 13.8 Å². The van der Waals surface area contributed by atoms with Crippen molar-refractivity contribution < 1.29 is 71.5 Å². The lowest BCUT2D eigenvalue weighted by molar-refractivity contribution is -0.370. The number of fused-ring (bicyclic) bond motifs is 5. The van der Waals surface area contributed by atoms with Gasteiger partial charge in [0, 0.05) is 32.1 Å². The van der Waals surface area contributed by atoms with Gasteiger partial charge in [-0.3, -0.25) is 14.6 Å². The quantitative estimate of drug-likeness (QED) is 0.0343. The van der Waals surface area contributed by atoms with Gasteiger partial charge in [0.05, 0.1) is 29.7 Å². The summed E-state index contributed by atoms with van der Waals surface area (Å²) in [6, 6.07) is 11.2. The van der Waals surface area contributed by atoms with Crippen molar-refractivity contribution in [2.75, 3.05) is 6.61 Å². The van der Waals surface area contributed by atoms with Gasteiger partial charge in [-0.2, -0.15) is 0 Å². The summed E-state index contributed by atoms with van der Waals surface area (Å²) < 4.78 is 53.1. The van der Waals surface area contributed by atoms with Gasteiger partial charge in [0.25, 0.3) is 0 Å². The zero-order chi connectivity index (χ0) is 56.5. The number of rotatable bonds is 21. The Kier molecular flexibility index (Phi) is 19.1. The Morgan fingerprint density at radius 2 is 1.45 bits per heavy atom. The van der Waals surface area contributed by atoms with Crippen LogP contribution in [0.1, 0.15) is 147 Å². The molecule has 17 nitrogen and oxygen atoms in total. The number of amides is 1. The van der Waals surface area contributed by atoms with Gasteiger partial charge in [0.2, 0.25) is 0 Å². The number of aliphatic hydroxyl groups is 2. The Balaban J connectivity index is 1.92. The minimum atomic E-state index is -2.70. The number of aliphatic imine (C=N–C) groups is 1. The standard InChI is InChI=1S/C56H90N2O15Si2/c1-19-74(20-2,21-3)72-41-31-42-55(33-66-42,70-37(11)60)56(57-18)49(69-47(62)38-28-26-25-27-29-38)54(65)32-40(35(9)43(52(54,15)16)45(67-36(10)59)46(61)53(41,56)17)68-48(63)44(73-75(22-4,23-5)24-6)39(30-34(7)8)58-50(64)71-51(12,13)14/h25-29,34,39-42,44-46,49,61,65H,18-24,30-33H2,1-17H3,(H,58,64)/t39-,40-,41?,42+,44?,45-,46-,49+,53-,54+,55-,56+/m0/s1. The number of ether oxygens (including phenoxy) is 6. The number of benzene rings is 1. The van der Waals surface area contributed by atoms with Crippen LogP contribution in [0.4, 0.5) is 4.79 Å². The monoisotopic (exact) mass is 1090 g/mol. The third kappa shape index (κ3) is 11.1. The van der Waals surface area contributed by atoms with Crippen molar-refractivity contribution in [1.29, 1.82) is 0 Å². The molecule has 422 valence electrons. The second kappa shape index (κ2) is 23.2. The summed E-state index contributed by atoms with van der Waals surface area (Å²) in [6.45, 7) is 34.5. The zero-order valence-corrected chi connectivity index (χ0v) is 50.0. The molecule has 3 aliphatic carbocycles. The van der Waals surface area contributed by atoms with Gasteiger partial charge in [-0.25, -0.2) is 14.4 Å². The first-order valence-electron chi connectivity index (χ1n) is 27.3. The van der Waals surface area contributed by atoms with Gasteiger partial charge in [-0.1, -0.05) is 94.4 Å². The van der Waals surface area contributed by atoms with E-state index in [9.17, 15) is 24.6 Å². The topological polar surface area (TPSA) is 224 Å². The Hall–Kier alpha value is -3.99. The first-order valence-corrected chi connectivity index (χ1v) is 32.3. The van der Waals surface area contributed by atoms with Crippen LogP contribution < -0.4 is 5.32 Å². The summed E-state index contributed by atoms with van der Waals surface area (Å²) in [5.74, 6) is -3.33. The molecule has 12 atom stereocenters. The van der Waals surface area contributed by atoms with Crippen LogP contribution in [0.2, 0.25) is 36.3 Å². The molecular weight excluding hydrogens is 997 g/mol. The van der Waals surface area contributed by atoms with Crippen LogP contribution in [0.3, 0.4) is 0 Å². The largest absolute Gasteiger partial charge is 0.456 e. The molecule has 5 rings (SSSR count). The molecule has 1 aromatic rings. The molecule has 2 unspecified atom stereocenters. The normalized spacial score (nSPS) is 31.2. The average molecular weight is 1090 g/mol. The highest BCUT2D eigenvalue weighted by molar-refractivity contribution is 6.74. The van der Waals surface area contributed by atoms with Crippen molar-refractivity contribution in [3.8, 4) is 0 Å². The van der Waals surface area contributed by atoms with Crippen molar-refractivity contribution in [2.24, 2.45) is 21.7 Å². The highest BCUT2D eigenvalue weighted by Gasteiger charge is 2.86. The Morgan fingerprint density at radius 3 is 1.92 bits per heavy atom. The molecule has 0 spiro atoms. The number of hydrogen-bond donors (Lipinski definition) is 3. The molecule has 19 heteroatoms. The number of carbonyl (C=O) groups is 5. The maximum atomic E-state index is 15.6. The lowest BCUT2D eigenvalue weighted by atomic mass is 9.41. The van der Waals surface area contributed by atoms with Crippen molar-refractivity contribution in [2.45, 2.75) is 244 Å². The Labute approximate surface area is 448 Å². The van der Waals surface area contributed by atoms with Crippen molar-refractivity contribution in [1.82, 2.24) is 5.32 Å². The van der Waals surface area contributed by atoms with Crippen molar-refractivity contribution >= 4 is 53.3 Å². The number of hydrogen-bond acceptors (Lipinski definition) is 16. The fourth-order valence-electron chi connectivity index (χ4n) is 13.1. The minimum absolute atomic E-state index is 0.0497. The summed E-state index contributed by atoms with van der Waals surface area (Å²) in [4.78, 5) is 76.7. The van der Waals surface area contributed by atoms with E-state index in [1.807, 2.05) is 34.6 Å². The van der Waals surface area contributed by atoms with E-state index < -0.39 is 135 Å². The first kappa shape index (κ1) is 61.9. The smallest absolute Gasteiger partial charge is 0.407 e. The molecule has 2 saturated carbocycles. The number of nitrogens with one attached hydrogen (secondary N) is 1. The third-order valence-corrected chi connectivity index (χ3v) is 27.0. The van der Waals surface area contributed by atoms with Gasteiger partial charge >= 0.3 is 30.0 Å². The van der Waals surface area contributed by atoms with E-state index >= 15 is 9.59 Å². The molecule has 1 aromatic carbocycles. The predicted octanol–water partition coefficient (Wildman–Crippen LogP) is 9.18. The first-order chi connectivity index (χ1) is 34.9. The van der Waals surface area contributed by atoms with E-state index in [-0.39, 0.29) is 36.5 Å². The van der Waals surface area contributed by atoms with Crippen molar-refractivity contribution in [3.63, 3.8) is 0 Å². The summed E-state index contributed by atoms with van der Waals surface area (Å²) in [5.41, 5.74) is -10.4. The third-order valence-electron chi connectivity index (χ3n) is 17.8. The van der Waals surface area contributed by atoms with Gasteiger partial charge in [-0.15, -0.1) is 0 Å². The number of alkyl carbamates (subject to hydrolysis) is 1. The molecule has 75 heavy (non-hydrogen) atoms. The highest BCUT2D eigenvalue weighted by atomic mass is 28.4. The summed E-state index contributed by atoms with van der Waals surface area (Å²) in [7, 11) is -5.40. The molecule has 1 heterocycles. The molecule has 1 amide bonds. The van der Waals surface area contributed by atoms with Crippen LogP contribution in [-0.2, 0) is 51.7 Å². The van der Waals surface area contributed by atoms with Gasteiger partial charge < -0.3 is 52.8 Å². The molecule has 4 aliphatic rings. The van der Waals surface area contributed by atoms with E-state index in [4.69, 9.17) is 42.3 Å². The number of carbonyl (C=O) groups excluding carboxylic acids is 5. The summed E-state index contributed by atoms with van der Waals surface area (Å²) in [6.07, 6.45) is -11.0. The zero-order valence-electron chi connectivity index (χ0n) is 48.0. The molecule has 2 bridgehead atoms. The van der Waals surface area contributed by atoms with E-state index in [1.54, 1.807) is 78.8 Å². The summed E-state index contributed by atoms with van der Waals surface area (Å²) >= 11 is 0. The highest BCUT2D eigenvalue weighted by Crippen LogP contribution is 2.69. The van der Waals surface area contributed by atoms with E-state index in [0.717, 1.165) is 0 Å². The number of esters is 4. The number of aliphatic hydroxyl groups excluding tert-OH is 1. The van der Waals surface area contributed by atoms with Gasteiger partial charge in [0.15, 0.2) is 46.1 Å². The molecular formula is C56H90N2O15Si2. The maximum absolute atomic E-state index is 15.6. The van der Waals surface area contributed by atoms with Crippen LogP contribution >= 0.6 is 0 Å². The predicted molar refractivity (Wildman–Crippen MR) is 289 cm³/mol. The SMILES string of the molecule is C=N[C@]12[C@H](OC(=O)c3ccccc3)[C@]3(O)C[C@H](OC(=O)C(O[Si](CC)(CC)CC)[C@H](CC(C)C)NC(=O)OC(C)(C)C)C(C)=C([C@H](OC(C)=O)[C@H](O)[C@]1(C)C(O[Si](CC)(CC)CC)C[C@H]1OC[C@]12OC(C)=O)C3(C)C. The second-order valence-electron chi connectivity index (χ2n) is 23.6. The second-order valence-corrected chi connectivity index (χ2v) is 33.1. The van der Waals surface area contributed by atoms with Crippen LogP contribution in [-0.4, -0.2) is 141 Å². The molecule has 0 radical (unpaired) electrons. The molecule has 3 fully saturated rings. The van der Waals surface area contributed by atoms with Crippen LogP contribution in [0.5, 0.6) is 0 Å². The fourth-order valence-corrected chi connectivity index (χ4v) is 18.8. The van der Waals surface area contributed by atoms with Gasteiger partial charge in [0.1, 0.15) is 29.5 Å². The molecule has 1 aliphatic heterocycles. The minimum Gasteiger partial charge on any atom is -0.456 e. The van der Waals surface area contributed by atoms with Crippen molar-refractivity contribution in [3.05, 3.63) is 47.0 Å². The average Bonchev–Trinajstić information content (AvgIpc) is 3.33. The molecule has 0 aromatic heterocycles. The van der Waals surface area contributed by atoms with E-state index in [2.05, 4.69) is 32.8 Å². The van der Waals surface area contributed by atoms with Crippen LogP contribution in [0.25, 0.3) is 0 Å². The molecule has 3 N–H and O–H groups in total. The Morgan fingerprint density at radius 1 is 0.880 bits per heavy atom. The summed E-state index contributed by atoms with van der Waals surface area (Å²) in [5, 5.41) is 31.4. The van der Waals surface area contributed by atoms with Crippen LogP contribution in [0.15, 0.2) is 46.5 Å². The van der Waals surface area contributed by atoms with E-state index in [0.29, 0.717) is 41.8 Å². The Bertz CT molecular complexity index is 2260. The number of nitrogens with zero attached hydrogens (tertiary/aromatic N) is 1. The van der Waals surface area contributed by atoms with Crippen LogP contribution in [0, 0.1) is 16.7 Å². The fraction of sp³-hybridized carbons (Fsp3) is 0.750. The molecule has 1 saturated heterocycles. The lowest BCUT2D eigenvalue weighted by Gasteiger charge is -2.73. The van der Waals surface area contributed by atoms with Gasteiger partial charge in [-0.05, 0) is 106 Å². The maximum Gasteiger partial charge on any atom is 0.407 e.